The van der Waals surface area contributed by atoms with Crippen LogP contribution >= 0.6 is 0 Å². The van der Waals surface area contributed by atoms with E-state index in [4.69, 9.17) is 9.47 Å². The molecule has 0 N–H and O–H groups in total. The van der Waals surface area contributed by atoms with Crippen molar-refractivity contribution in [2.75, 3.05) is 12.0 Å². The fourth-order valence-electron chi connectivity index (χ4n) is 4.34. The van der Waals surface area contributed by atoms with E-state index in [2.05, 4.69) is 0 Å². The van der Waals surface area contributed by atoms with Crippen LogP contribution in [0, 0.1) is 0 Å². The van der Waals surface area contributed by atoms with Crippen LogP contribution in [0.4, 0.5) is 5.69 Å². The monoisotopic (exact) mass is 415 g/mol. The Bertz CT molecular complexity index is 1050. The number of Topliss-reactive ketones (excluding diaryl/α,β-unsaturated/α-hetero) is 2. The smallest absolute Gasteiger partial charge is 0.210 e. The first kappa shape index (κ1) is 20.8. The Kier molecular flexibility index (Phi) is 5.61. The van der Waals surface area contributed by atoms with Gasteiger partial charge < -0.3 is 14.4 Å². The lowest BCUT2D eigenvalue weighted by Crippen LogP contribution is -2.50. The standard InChI is InChI=1S/C26H25NO4/c1-18(28)26(19(2)29)24(20-14-16-23(30-3)17-15-20)27(22-12-8-5-9-13-22)25(31-26)21-10-6-4-7-11-21/h4-17,24-25H,1-3H3/t24-,25+/m0/s1. The van der Waals surface area contributed by atoms with Gasteiger partial charge in [-0.05, 0) is 43.7 Å². The summed E-state index contributed by atoms with van der Waals surface area (Å²) in [6, 6.07) is 26.2. The second-order valence-corrected chi connectivity index (χ2v) is 7.65. The molecule has 0 aromatic heterocycles. The molecule has 0 aliphatic carbocycles. The SMILES string of the molecule is COc1ccc([C@@H]2N(c3ccccc3)[C@@H](c3ccccc3)OC2(C(C)=O)C(C)=O)cc1. The molecular weight excluding hydrogens is 390 g/mol. The molecule has 5 nitrogen and oxygen atoms in total. The van der Waals surface area contributed by atoms with E-state index in [0.717, 1.165) is 16.8 Å². The van der Waals surface area contributed by atoms with Gasteiger partial charge in [-0.25, -0.2) is 0 Å². The van der Waals surface area contributed by atoms with Crippen LogP contribution in [0.25, 0.3) is 0 Å². The zero-order valence-corrected chi connectivity index (χ0v) is 17.8. The number of para-hydroxylation sites is 1. The highest BCUT2D eigenvalue weighted by Crippen LogP contribution is 2.52. The van der Waals surface area contributed by atoms with E-state index in [1.165, 1.54) is 13.8 Å². The quantitative estimate of drug-likeness (QED) is 0.537. The van der Waals surface area contributed by atoms with Gasteiger partial charge in [0.1, 0.15) is 11.8 Å². The molecule has 1 saturated heterocycles. The minimum Gasteiger partial charge on any atom is -0.497 e. The number of hydrogen-bond donors (Lipinski definition) is 0. The Morgan fingerprint density at radius 2 is 1.35 bits per heavy atom. The summed E-state index contributed by atoms with van der Waals surface area (Å²) in [6.07, 6.45) is -0.608. The molecule has 5 heteroatoms. The number of hydrogen-bond acceptors (Lipinski definition) is 5. The summed E-state index contributed by atoms with van der Waals surface area (Å²) >= 11 is 0. The molecular formula is C26H25NO4. The molecule has 158 valence electrons. The molecule has 0 unspecified atom stereocenters. The van der Waals surface area contributed by atoms with Gasteiger partial charge in [0.15, 0.2) is 17.8 Å². The molecule has 1 aliphatic heterocycles. The van der Waals surface area contributed by atoms with Crippen molar-refractivity contribution in [1.29, 1.82) is 0 Å². The fraction of sp³-hybridized carbons (Fsp3) is 0.231. The highest BCUT2D eigenvalue weighted by Gasteiger charge is 2.60. The minimum absolute atomic E-state index is 0.319. The Morgan fingerprint density at radius 1 is 0.806 bits per heavy atom. The third-order valence-corrected chi connectivity index (χ3v) is 5.83. The van der Waals surface area contributed by atoms with Gasteiger partial charge in [-0.1, -0.05) is 60.7 Å². The Labute approximate surface area is 182 Å². The zero-order valence-electron chi connectivity index (χ0n) is 17.8. The summed E-state index contributed by atoms with van der Waals surface area (Å²) in [5.74, 6) is 0.0603. The van der Waals surface area contributed by atoms with E-state index in [1.54, 1.807) is 7.11 Å². The molecule has 0 amide bonds. The van der Waals surface area contributed by atoms with E-state index < -0.39 is 17.9 Å². The van der Waals surface area contributed by atoms with Crippen molar-refractivity contribution in [1.82, 2.24) is 0 Å². The average molecular weight is 415 g/mol. The van der Waals surface area contributed by atoms with Gasteiger partial charge in [0.05, 0.1) is 7.11 Å². The molecule has 4 rings (SSSR count). The highest BCUT2D eigenvalue weighted by molar-refractivity contribution is 6.10. The Hall–Kier alpha value is -3.44. The lowest BCUT2D eigenvalue weighted by Gasteiger charge is -2.34. The van der Waals surface area contributed by atoms with Crippen LogP contribution < -0.4 is 9.64 Å². The number of anilines is 1. The second-order valence-electron chi connectivity index (χ2n) is 7.65. The first-order valence-corrected chi connectivity index (χ1v) is 10.2. The zero-order chi connectivity index (χ0) is 22.0. The number of carbonyl (C=O) groups excluding carboxylic acids is 2. The van der Waals surface area contributed by atoms with Gasteiger partial charge in [-0.15, -0.1) is 0 Å². The number of benzene rings is 3. The summed E-state index contributed by atoms with van der Waals surface area (Å²) in [4.78, 5) is 28.2. The van der Waals surface area contributed by atoms with Gasteiger partial charge in [0.2, 0.25) is 5.60 Å². The molecule has 0 spiro atoms. The van der Waals surface area contributed by atoms with Gasteiger partial charge in [-0.3, -0.25) is 9.59 Å². The largest absolute Gasteiger partial charge is 0.497 e. The van der Waals surface area contributed by atoms with Crippen molar-refractivity contribution < 1.29 is 19.1 Å². The number of carbonyl (C=O) groups is 2. The molecule has 3 aromatic carbocycles. The Morgan fingerprint density at radius 3 is 1.87 bits per heavy atom. The summed E-state index contributed by atoms with van der Waals surface area (Å²) in [5, 5.41) is 0. The third kappa shape index (κ3) is 3.51. The van der Waals surface area contributed by atoms with Crippen LogP contribution in [-0.4, -0.2) is 24.3 Å². The third-order valence-electron chi connectivity index (χ3n) is 5.83. The maximum absolute atomic E-state index is 13.1. The van der Waals surface area contributed by atoms with E-state index in [0.29, 0.717) is 5.75 Å². The molecule has 0 saturated carbocycles. The molecule has 31 heavy (non-hydrogen) atoms. The molecule has 3 aromatic rings. The van der Waals surface area contributed by atoms with Crippen molar-refractivity contribution in [3.8, 4) is 5.75 Å². The van der Waals surface area contributed by atoms with E-state index in [-0.39, 0.29) is 11.6 Å². The number of rotatable bonds is 6. The number of ether oxygens (including phenoxy) is 2. The Balaban J connectivity index is 1.97. The lowest BCUT2D eigenvalue weighted by molar-refractivity contribution is -0.155. The maximum atomic E-state index is 13.1. The lowest BCUT2D eigenvalue weighted by atomic mass is 9.82. The first-order chi connectivity index (χ1) is 15.0. The van der Waals surface area contributed by atoms with Crippen molar-refractivity contribution >= 4 is 17.3 Å². The highest BCUT2D eigenvalue weighted by atomic mass is 16.6. The molecule has 0 bridgehead atoms. The summed E-state index contributed by atoms with van der Waals surface area (Å²) < 4.78 is 11.7. The van der Waals surface area contributed by atoms with E-state index in [1.807, 2.05) is 89.8 Å². The van der Waals surface area contributed by atoms with E-state index >= 15 is 0 Å². The summed E-state index contributed by atoms with van der Waals surface area (Å²) in [5.41, 5.74) is 0.898. The maximum Gasteiger partial charge on any atom is 0.210 e. The van der Waals surface area contributed by atoms with Crippen LogP contribution in [0.5, 0.6) is 5.75 Å². The second kappa shape index (κ2) is 8.36. The van der Waals surface area contributed by atoms with Crippen molar-refractivity contribution in [3.05, 3.63) is 96.1 Å². The topological polar surface area (TPSA) is 55.8 Å². The number of ketones is 2. The van der Waals surface area contributed by atoms with Gasteiger partial charge in [-0.2, -0.15) is 0 Å². The van der Waals surface area contributed by atoms with Gasteiger partial charge in [0, 0.05) is 11.3 Å². The van der Waals surface area contributed by atoms with Crippen molar-refractivity contribution in [2.45, 2.75) is 31.7 Å². The molecule has 0 radical (unpaired) electrons. The van der Waals surface area contributed by atoms with Crippen molar-refractivity contribution in [3.63, 3.8) is 0 Å². The predicted octanol–water partition coefficient (Wildman–Crippen LogP) is 4.89. The normalized spacial score (nSPS) is 19.8. The fourth-order valence-corrected chi connectivity index (χ4v) is 4.34. The molecule has 1 fully saturated rings. The van der Waals surface area contributed by atoms with Crippen LogP contribution in [0.2, 0.25) is 0 Å². The summed E-state index contributed by atoms with van der Waals surface area (Å²) in [6.45, 7) is 2.85. The first-order valence-electron chi connectivity index (χ1n) is 10.2. The van der Waals surface area contributed by atoms with Crippen molar-refractivity contribution in [2.24, 2.45) is 0 Å². The summed E-state index contributed by atoms with van der Waals surface area (Å²) in [7, 11) is 1.60. The van der Waals surface area contributed by atoms with Crippen LogP contribution in [0.1, 0.15) is 37.2 Å². The van der Waals surface area contributed by atoms with Crippen LogP contribution in [-0.2, 0) is 14.3 Å². The molecule has 1 heterocycles. The van der Waals surface area contributed by atoms with Gasteiger partial charge in [0.25, 0.3) is 0 Å². The molecule has 2 atom stereocenters. The van der Waals surface area contributed by atoms with Gasteiger partial charge >= 0.3 is 0 Å². The average Bonchev–Trinajstić information content (AvgIpc) is 3.18. The predicted molar refractivity (Wildman–Crippen MR) is 119 cm³/mol. The van der Waals surface area contributed by atoms with E-state index in [9.17, 15) is 9.59 Å². The number of nitrogens with zero attached hydrogens (tertiary/aromatic N) is 1. The minimum atomic E-state index is -1.63. The van der Waals surface area contributed by atoms with Crippen LogP contribution in [0.15, 0.2) is 84.9 Å². The molecule has 1 aliphatic rings. The van der Waals surface area contributed by atoms with Crippen LogP contribution in [0.3, 0.4) is 0 Å². The number of methoxy groups -OCH3 is 1.